The summed E-state index contributed by atoms with van der Waals surface area (Å²) < 4.78 is 0. The van der Waals surface area contributed by atoms with Crippen molar-refractivity contribution < 1.29 is 4.79 Å². The predicted octanol–water partition coefficient (Wildman–Crippen LogP) is 2.61. The summed E-state index contributed by atoms with van der Waals surface area (Å²) in [4.78, 5) is 15.1. The van der Waals surface area contributed by atoms with E-state index in [9.17, 15) is 4.79 Å². The molecule has 1 N–H and O–H groups in total. The number of carbonyl (C=O) groups is 1. The Kier molecular flexibility index (Phi) is 3.54. The van der Waals surface area contributed by atoms with Crippen LogP contribution >= 0.6 is 11.3 Å². The lowest BCUT2D eigenvalue weighted by atomic mass is 9.89. The molecule has 94 valence electrons. The van der Waals surface area contributed by atoms with E-state index in [1.165, 1.54) is 4.88 Å². The van der Waals surface area contributed by atoms with Gasteiger partial charge in [0.15, 0.2) is 0 Å². The van der Waals surface area contributed by atoms with Gasteiger partial charge in [-0.05, 0) is 23.3 Å². The number of nitrogens with zero attached hydrogens (tertiary/aromatic N) is 1. The Balaban J connectivity index is 2.15. The number of carbonyl (C=O) groups excluding carboxylic acids is 1. The van der Waals surface area contributed by atoms with E-state index in [0.29, 0.717) is 6.54 Å². The molecule has 2 rings (SSSR count). The van der Waals surface area contributed by atoms with Crippen LogP contribution in [0, 0.1) is 5.41 Å². The SMILES string of the molecule is CCC(C)(C)CN1C(=O)CNC1c1cccs1. The van der Waals surface area contributed by atoms with E-state index in [4.69, 9.17) is 0 Å². The average Bonchev–Trinajstić information content (AvgIpc) is 2.90. The molecule has 1 aromatic heterocycles. The fourth-order valence-corrected chi connectivity index (χ4v) is 2.80. The van der Waals surface area contributed by atoms with Crippen LogP contribution in [-0.2, 0) is 4.79 Å². The fourth-order valence-electron chi connectivity index (χ4n) is 1.99. The van der Waals surface area contributed by atoms with E-state index in [1.807, 2.05) is 11.0 Å². The molecule has 1 aliphatic rings. The highest BCUT2D eigenvalue weighted by atomic mass is 32.1. The molecule has 1 amide bonds. The Hall–Kier alpha value is -0.870. The van der Waals surface area contributed by atoms with Crippen molar-refractivity contribution in [3.05, 3.63) is 22.4 Å². The quantitative estimate of drug-likeness (QED) is 0.893. The summed E-state index contributed by atoms with van der Waals surface area (Å²) >= 11 is 1.70. The highest BCUT2D eigenvalue weighted by molar-refractivity contribution is 7.10. The third-order valence-electron chi connectivity index (χ3n) is 3.45. The molecule has 0 saturated carbocycles. The Labute approximate surface area is 107 Å². The number of hydrogen-bond donors (Lipinski definition) is 1. The molecule has 0 radical (unpaired) electrons. The molecule has 1 unspecified atom stereocenters. The molecule has 17 heavy (non-hydrogen) atoms. The predicted molar refractivity (Wildman–Crippen MR) is 70.8 cm³/mol. The molecule has 1 aromatic rings. The van der Waals surface area contributed by atoms with Crippen LogP contribution in [-0.4, -0.2) is 23.9 Å². The number of thiophene rings is 1. The van der Waals surface area contributed by atoms with Crippen molar-refractivity contribution in [1.29, 1.82) is 0 Å². The molecule has 0 bridgehead atoms. The first kappa shape index (κ1) is 12.6. The largest absolute Gasteiger partial charge is 0.320 e. The third kappa shape index (κ3) is 2.69. The first-order valence-electron chi connectivity index (χ1n) is 6.10. The van der Waals surface area contributed by atoms with Gasteiger partial charge in [0.05, 0.1) is 6.54 Å². The van der Waals surface area contributed by atoms with E-state index < -0.39 is 0 Å². The molecular weight excluding hydrogens is 232 g/mol. The van der Waals surface area contributed by atoms with Crippen molar-refractivity contribution in [3.8, 4) is 0 Å². The lowest BCUT2D eigenvalue weighted by molar-refractivity contribution is -0.129. The summed E-state index contributed by atoms with van der Waals surface area (Å²) in [5.74, 6) is 0.213. The van der Waals surface area contributed by atoms with Crippen molar-refractivity contribution in [2.45, 2.75) is 33.4 Å². The molecule has 2 heterocycles. The smallest absolute Gasteiger partial charge is 0.238 e. The van der Waals surface area contributed by atoms with Crippen molar-refractivity contribution in [1.82, 2.24) is 10.2 Å². The van der Waals surface area contributed by atoms with Gasteiger partial charge in [0, 0.05) is 11.4 Å². The lowest BCUT2D eigenvalue weighted by Crippen LogP contribution is -2.37. The van der Waals surface area contributed by atoms with Gasteiger partial charge in [0.2, 0.25) is 5.91 Å². The van der Waals surface area contributed by atoms with Crippen molar-refractivity contribution in [3.63, 3.8) is 0 Å². The third-order valence-corrected chi connectivity index (χ3v) is 4.37. The van der Waals surface area contributed by atoms with Crippen LogP contribution in [0.4, 0.5) is 0 Å². The van der Waals surface area contributed by atoms with Crippen molar-refractivity contribution >= 4 is 17.2 Å². The van der Waals surface area contributed by atoms with Gasteiger partial charge in [-0.2, -0.15) is 0 Å². The van der Waals surface area contributed by atoms with Crippen LogP contribution in [0.15, 0.2) is 17.5 Å². The van der Waals surface area contributed by atoms with Gasteiger partial charge in [-0.3, -0.25) is 10.1 Å². The summed E-state index contributed by atoms with van der Waals surface area (Å²) in [6.45, 7) is 7.88. The van der Waals surface area contributed by atoms with Gasteiger partial charge >= 0.3 is 0 Å². The maximum Gasteiger partial charge on any atom is 0.238 e. The monoisotopic (exact) mass is 252 g/mol. The Morgan fingerprint density at radius 1 is 1.59 bits per heavy atom. The highest BCUT2D eigenvalue weighted by Crippen LogP contribution is 2.30. The minimum Gasteiger partial charge on any atom is -0.320 e. The van der Waals surface area contributed by atoms with E-state index in [-0.39, 0.29) is 17.5 Å². The zero-order valence-electron chi connectivity index (χ0n) is 10.7. The Morgan fingerprint density at radius 2 is 2.35 bits per heavy atom. The standard InChI is InChI=1S/C13H20N2OS/c1-4-13(2,3)9-15-11(16)8-14-12(15)10-6-5-7-17-10/h5-7,12,14H,4,8-9H2,1-3H3. The molecule has 1 atom stereocenters. The minimum absolute atomic E-state index is 0.0772. The van der Waals surface area contributed by atoms with Crippen molar-refractivity contribution in [2.75, 3.05) is 13.1 Å². The second-order valence-electron chi connectivity index (χ2n) is 5.34. The molecule has 3 nitrogen and oxygen atoms in total. The fraction of sp³-hybridized carbons (Fsp3) is 0.615. The average molecular weight is 252 g/mol. The molecule has 1 aliphatic heterocycles. The van der Waals surface area contributed by atoms with E-state index in [1.54, 1.807) is 11.3 Å². The summed E-state index contributed by atoms with van der Waals surface area (Å²) in [6, 6.07) is 4.13. The van der Waals surface area contributed by atoms with Crippen LogP contribution in [0.5, 0.6) is 0 Å². The molecule has 0 spiro atoms. The van der Waals surface area contributed by atoms with Crippen LogP contribution in [0.3, 0.4) is 0 Å². The van der Waals surface area contributed by atoms with Crippen molar-refractivity contribution in [2.24, 2.45) is 5.41 Å². The van der Waals surface area contributed by atoms with E-state index in [0.717, 1.165) is 13.0 Å². The van der Waals surface area contributed by atoms with Gasteiger partial charge in [-0.15, -0.1) is 11.3 Å². The maximum absolute atomic E-state index is 11.9. The summed E-state index contributed by atoms with van der Waals surface area (Å²) in [6.07, 6.45) is 1.15. The highest BCUT2D eigenvalue weighted by Gasteiger charge is 2.35. The van der Waals surface area contributed by atoms with Gasteiger partial charge in [-0.25, -0.2) is 0 Å². The normalized spacial score (nSPS) is 21.2. The second kappa shape index (κ2) is 4.78. The molecule has 1 saturated heterocycles. The maximum atomic E-state index is 11.9. The minimum atomic E-state index is 0.0772. The summed E-state index contributed by atoms with van der Waals surface area (Å²) in [5.41, 5.74) is 0.178. The van der Waals surface area contributed by atoms with Crippen LogP contribution < -0.4 is 5.32 Å². The molecule has 0 aromatic carbocycles. The first-order chi connectivity index (χ1) is 8.03. The van der Waals surface area contributed by atoms with Gasteiger partial charge < -0.3 is 4.90 Å². The van der Waals surface area contributed by atoms with Gasteiger partial charge in [0.25, 0.3) is 0 Å². The number of hydrogen-bond acceptors (Lipinski definition) is 3. The zero-order valence-corrected chi connectivity index (χ0v) is 11.5. The lowest BCUT2D eigenvalue weighted by Gasteiger charge is -2.32. The number of nitrogens with one attached hydrogen (secondary N) is 1. The second-order valence-corrected chi connectivity index (χ2v) is 6.32. The van der Waals surface area contributed by atoms with E-state index >= 15 is 0 Å². The zero-order chi connectivity index (χ0) is 12.5. The van der Waals surface area contributed by atoms with Crippen LogP contribution in [0.2, 0.25) is 0 Å². The Morgan fingerprint density at radius 3 is 2.94 bits per heavy atom. The first-order valence-corrected chi connectivity index (χ1v) is 6.98. The molecular formula is C13H20N2OS. The number of amides is 1. The van der Waals surface area contributed by atoms with Crippen LogP contribution in [0.1, 0.15) is 38.2 Å². The molecule has 0 aliphatic carbocycles. The molecule has 1 fully saturated rings. The topological polar surface area (TPSA) is 32.3 Å². The van der Waals surface area contributed by atoms with Crippen LogP contribution in [0.25, 0.3) is 0 Å². The Bertz CT molecular complexity index is 386. The number of rotatable bonds is 4. The van der Waals surface area contributed by atoms with E-state index in [2.05, 4.69) is 37.5 Å². The summed E-state index contributed by atoms with van der Waals surface area (Å²) in [7, 11) is 0. The van der Waals surface area contributed by atoms with Gasteiger partial charge in [0.1, 0.15) is 6.17 Å². The molecule has 4 heteroatoms. The summed E-state index contributed by atoms with van der Waals surface area (Å²) in [5, 5.41) is 5.35. The van der Waals surface area contributed by atoms with Gasteiger partial charge in [-0.1, -0.05) is 26.8 Å².